The van der Waals surface area contributed by atoms with Gasteiger partial charge in [-0.3, -0.25) is 0 Å². The van der Waals surface area contributed by atoms with Crippen molar-refractivity contribution in [3.05, 3.63) is 42.0 Å². The topological polar surface area (TPSA) is 88.0 Å². The van der Waals surface area contributed by atoms with E-state index < -0.39 is 6.09 Å². The highest BCUT2D eigenvalue weighted by Gasteiger charge is 2.24. The van der Waals surface area contributed by atoms with Crippen LogP contribution in [-0.4, -0.2) is 42.4 Å². The summed E-state index contributed by atoms with van der Waals surface area (Å²) in [5.74, 6) is 0.400. The maximum Gasteiger partial charge on any atom is 0.404 e. The number of phenolic OH excluding ortho intramolecular Hbond substituents is 1. The van der Waals surface area contributed by atoms with Gasteiger partial charge < -0.3 is 25.0 Å². The van der Waals surface area contributed by atoms with Crippen LogP contribution < -0.4 is 5.32 Å². The van der Waals surface area contributed by atoms with E-state index in [-0.39, 0.29) is 18.0 Å². The Kier molecular flexibility index (Phi) is 5.17. The third-order valence-electron chi connectivity index (χ3n) is 4.20. The standard InChI is InChI=1S/C18H21NO5/c20-14-6-7-16-12(9-14)3-1-4-15(16)13-10-23-17(24-11-13)5-2-8-19-18(21)22/h1,3-4,6-7,9,13,17,19-20H,2,5,8,10-11H2,(H,21,22). The molecule has 1 amide bonds. The smallest absolute Gasteiger partial charge is 0.404 e. The molecule has 0 atom stereocenters. The Morgan fingerprint density at radius 3 is 2.75 bits per heavy atom. The average Bonchev–Trinajstić information content (AvgIpc) is 2.58. The lowest BCUT2D eigenvalue weighted by molar-refractivity contribution is -0.189. The molecule has 6 nitrogen and oxygen atoms in total. The number of carbonyl (C=O) groups is 1. The van der Waals surface area contributed by atoms with Gasteiger partial charge in [0.1, 0.15) is 5.75 Å². The molecule has 1 heterocycles. The quantitative estimate of drug-likeness (QED) is 0.733. The van der Waals surface area contributed by atoms with Crippen molar-refractivity contribution < 1.29 is 24.5 Å². The van der Waals surface area contributed by atoms with Crippen LogP contribution in [0.4, 0.5) is 4.79 Å². The minimum absolute atomic E-state index is 0.145. The average molecular weight is 331 g/mol. The van der Waals surface area contributed by atoms with Crippen LogP contribution >= 0.6 is 0 Å². The number of carboxylic acid groups (broad SMARTS) is 1. The van der Waals surface area contributed by atoms with E-state index in [0.717, 1.165) is 16.3 Å². The highest BCUT2D eigenvalue weighted by Crippen LogP contribution is 2.31. The largest absolute Gasteiger partial charge is 0.508 e. The second kappa shape index (κ2) is 7.51. The SMILES string of the molecule is O=C(O)NCCCC1OCC(c2cccc3cc(O)ccc23)CO1. The van der Waals surface area contributed by atoms with E-state index in [1.54, 1.807) is 12.1 Å². The summed E-state index contributed by atoms with van der Waals surface area (Å²) in [5, 5.41) is 22.6. The molecule has 1 aliphatic heterocycles. The van der Waals surface area contributed by atoms with Crippen LogP contribution in [0.3, 0.4) is 0 Å². The third-order valence-corrected chi connectivity index (χ3v) is 4.20. The normalized spacial score (nSPS) is 20.8. The maximum atomic E-state index is 10.4. The first-order chi connectivity index (χ1) is 11.6. The van der Waals surface area contributed by atoms with E-state index >= 15 is 0 Å². The van der Waals surface area contributed by atoms with Crippen molar-refractivity contribution in [1.82, 2.24) is 5.32 Å². The summed E-state index contributed by atoms with van der Waals surface area (Å²) in [6.07, 6.45) is 0.0457. The van der Waals surface area contributed by atoms with Gasteiger partial charge in [0.05, 0.1) is 13.2 Å². The molecule has 2 aromatic carbocycles. The molecule has 1 saturated heterocycles. The molecule has 24 heavy (non-hydrogen) atoms. The molecule has 0 unspecified atom stereocenters. The second-order valence-corrected chi connectivity index (χ2v) is 5.92. The Hall–Kier alpha value is -2.31. The fraction of sp³-hybridized carbons (Fsp3) is 0.389. The lowest BCUT2D eigenvalue weighted by atomic mass is 9.94. The van der Waals surface area contributed by atoms with Gasteiger partial charge in [0, 0.05) is 18.9 Å². The lowest BCUT2D eigenvalue weighted by Crippen LogP contribution is -2.32. The van der Waals surface area contributed by atoms with E-state index in [2.05, 4.69) is 11.4 Å². The molecule has 3 N–H and O–H groups in total. The van der Waals surface area contributed by atoms with Crippen LogP contribution in [0.2, 0.25) is 0 Å². The molecule has 128 valence electrons. The van der Waals surface area contributed by atoms with Crippen molar-refractivity contribution in [3.63, 3.8) is 0 Å². The van der Waals surface area contributed by atoms with E-state index in [4.69, 9.17) is 14.6 Å². The molecule has 0 saturated carbocycles. The number of hydrogen-bond donors (Lipinski definition) is 3. The summed E-state index contributed by atoms with van der Waals surface area (Å²) in [5.41, 5.74) is 1.15. The predicted octanol–water partition coefficient (Wildman–Crippen LogP) is 3.05. The summed E-state index contributed by atoms with van der Waals surface area (Å²) in [6, 6.07) is 11.4. The molecular formula is C18H21NO5. The number of phenols is 1. The molecule has 0 aliphatic carbocycles. The molecule has 6 heteroatoms. The molecule has 0 spiro atoms. The molecule has 2 aromatic rings. The van der Waals surface area contributed by atoms with E-state index in [9.17, 15) is 9.90 Å². The number of fused-ring (bicyclic) bond motifs is 1. The molecule has 1 aliphatic rings. The van der Waals surface area contributed by atoms with Gasteiger partial charge in [0.25, 0.3) is 0 Å². The third kappa shape index (κ3) is 3.96. The van der Waals surface area contributed by atoms with Crippen LogP contribution in [0, 0.1) is 0 Å². The Morgan fingerprint density at radius 2 is 2.00 bits per heavy atom. The van der Waals surface area contributed by atoms with Crippen LogP contribution in [0.15, 0.2) is 36.4 Å². The Balaban J connectivity index is 1.58. The first-order valence-corrected chi connectivity index (χ1v) is 8.05. The summed E-state index contributed by atoms with van der Waals surface area (Å²) in [4.78, 5) is 10.4. The molecular weight excluding hydrogens is 310 g/mol. The summed E-state index contributed by atoms with van der Waals surface area (Å²) < 4.78 is 11.6. The number of ether oxygens (including phenoxy) is 2. The van der Waals surface area contributed by atoms with Gasteiger partial charge in [0.2, 0.25) is 0 Å². The van der Waals surface area contributed by atoms with Gasteiger partial charge in [-0.25, -0.2) is 4.79 Å². The van der Waals surface area contributed by atoms with E-state index in [1.165, 1.54) is 0 Å². The fourth-order valence-corrected chi connectivity index (χ4v) is 3.01. The van der Waals surface area contributed by atoms with Gasteiger partial charge >= 0.3 is 6.09 Å². The Labute approximate surface area is 140 Å². The van der Waals surface area contributed by atoms with Crippen molar-refractivity contribution in [1.29, 1.82) is 0 Å². The van der Waals surface area contributed by atoms with E-state index in [0.29, 0.717) is 32.6 Å². The van der Waals surface area contributed by atoms with Gasteiger partial charge in [-0.05, 0) is 34.9 Å². The summed E-state index contributed by atoms with van der Waals surface area (Å²) >= 11 is 0. The first-order valence-electron chi connectivity index (χ1n) is 8.05. The molecule has 1 fully saturated rings. The van der Waals surface area contributed by atoms with Crippen LogP contribution in [-0.2, 0) is 9.47 Å². The summed E-state index contributed by atoms with van der Waals surface area (Å²) in [7, 11) is 0. The van der Waals surface area contributed by atoms with Crippen molar-refractivity contribution >= 4 is 16.9 Å². The zero-order chi connectivity index (χ0) is 16.9. The minimum atomic E-state index is -1.01. The Morgan fingerprint density at radius 1 is 1.21 bits per heavy atom. The minimum Gasteiger partial charge on any atom is -0.508 e. The number of hydrogen-bond acceptors (Lipinski definition) is 4. The van der Waals surface area contributed by atoms with Gasteiger partial charge in [0.15, 0.2) is 6.29 Å². The zero-order valence-electron chi connectivity index (χ0n) is 13.3. The van der Waals surface area contributed by atoms with Crippen molar-refractivity contribution in [2.24, 2.45) is 0 Å². The van der Waals surface area contributed by atoms with Crippen molar-refractivity contribution in [2.45, 2.75) is 25.0 Å². The number of benzene rings is 2. The van der Waals surface area contributed by atoms with Crippen molar-refractivity contribution in [2.75, 3.05) is 19.8 Å². The number of nitrogens with one attached hydrogen (secondary N) is 1. The van der Waals surface area contributed by atoms with Gasteiger partial charge in [-0.15, -0.1) is 0 Å². The number of rotatable bonds is 5. The Bertz CT molecular complexity index is 710. The predicted molar refractivity (Wildman–Crippen MR) is 89.3 cm³/mol. The molecule has 0 aromatic heterocycles. The van der Waals surface area contributed by atoms with Crippen LogP contribution in [0.25, 0.3) is 10.8 Å². The maximum absolute atomic E-state index is 10.4. The van der Waals surface area contributed by atoms with Gasteiger partial charge in [-0.1, -0.05) is 24.3 Å². The van der Waals surface area contributed by atoms with E-state index in [1.807, 2.05) is 18.2 Å². The highest BCUT2D eigenvalue weighted by atomic mass is 16.7. The summed E-state index contributed by atoms with van der Waals surface area (Å²) in [6.45, 7) is 1.53. The molecule has 3 rings (SSSR count). The number of amides is 1. The fourth-order valence-electron chi connectivity index (χ4n) is 3.01. The van der Waals surface area contributed by atoms with Gasteiger partial charge in [-0.2, -0.15) is 0 Å². The lowest BCUT2D eigenvalue weighted by Gasteiger charge is -2.30. The first kappa shape index (κ1) is 16.5. The number of aromatic hydroxyl groups is 1. The van der Waals surface area contributed by atoms with Crippen LogP contribution in [0.5, 0.6) is 5.75 Å². The molecule has 0 bridgehead atoms. The zero-order valence-corrected chi connectivity index (χ0v) is 13.3. The van der Waals surface area contributed by atoms with Crippen molar-refractivity contribution in [3.8, 4) is 5.75 Å². The monoisotopic (exact) mass is 331 g/mol. The second-order valence-electron chi connectivity index (χ2n) is 5.92. The van der Waals surface area contributed by atoms with Crippen LogP contribution in [0.1, 0.15) is 24.3 Å². The highest BCUT2D eigenvalue weighted by molar-refractivity contribution is 5.87. The molecule has 0 radical (unpaired) electrons.